The van der Waals surface area contributed by atoms with E-state index in [1.54, 1.807) is 0 Å². The highest BCUT2D eigenvalue weighted by molar-refractivity contribution is 6.35. The molecule has 0 saturated carbocycles. The van der Waals surface area contributed by atoms with Crippen molar-refractivity contribution in [1.29, 1.82) is 0 Å². The molecular weight excluding hydrogens is 152 g/mol. The van der Waals surface area contributed by atoms with Crippen molar-refractivity contribution < 1.29 is 4.79 Å². The first-order chi connectivity index (χ1) is 4.75. The number of nitrogens with zero attached hydrogens (tertiary/aromatic N) is 1. The molecule has 3 nitrogen and oxygen atoms in total. The van der Waals surface area contributed by atoms with Gasteiger partial charge in [-0.25, -0.2) is 0 Å². The number of carbonyl (C=O) groups excluding carboxylic acids is 1. The predicted octanol–water partition coefficient (Wildman–Crippen LogP) is 1.13. The van der Waals surface area contributed by atoms with Crippen LogP contribution >= 0.6 is 11.6 Å². The molecule has 0 amide bonds. The van der Waals surface area contributed by atoms with Crippen molar-refractivity contribution in [2.45, 2.75) is 0 Å². The minimum atomic E-state index is 0.182. The Morgan fingerprint density at radius 3 is 2.90 bits per heavy atom. The Hall–Kier alpha value is -1.09. The maximum Gasteiger partial charge on any atom is 0.170 e. The highest BCUT2D eigenvalue weighted by atomic mass is 35.5. The molecule has 1 rings (SSSR count). The Labute approximate surface area is 62.8 Å². The number of hydrogen-bond acceptors (Lipinski definition) is 3. The molecule has 1 aromatic heterocycles. The lowest BCUT2D eigenvalue weighted by atomic mass is 10.3. The van der Waals surface area contributed by atoms with E-state index < -0.39 is 0 Å². The summed E-state index contributed by atoms with van der Waals surface area (Å²) in [4.78, 5) is 13.9. The van der Waals surface area contributed by atoms with Gasteiger partial charge in [-0.2, -0.15) is 0 Å². The molecule has 0 aromatic carbocycles. The van der Waals surface area contributed by atoms with Crippen molar-refractivity contribution >= 4 is 23.6 Å². The molecule has 0 aliphatic heterocycles. The van der Waals surface area contributed by atoms with Crippen LogP contribution in [-0.4, -0.2) is 11.3 Å². The Morgan fingerprint density at radius 1 is 1.70 bits per heavy atom. The molecule has 0 saturated heterocycles. The van der Waals surface area contributed by atoms with Crippen LogP contribution in [0.3, 0.4) is 0 Å². The van der Waals surface area contributed by atoms with Crippen molar-refractivity contribution in [3.63, 3.8) is 0 Å². The van der Waals surface area contributed by atoms with Gasteiger partial charge in [-0.3, -0.25) is 9.78 Å². The van der Waals surface area contributed by atoms with Crippen LogP contribution < -0.4 is 5.73 Å². The number of hydrogen-bond donors (Lipinski definition) is 1. The van der Waals surface area contributed by atoms with E-state index in [1.165, 1.54) is 12.3 Å². The maximum atomic E-state index is 10.2. The summed E-state index contributed by atoms with van der Waals surface area (Å²) in [6.45, 7) is 0. The van der Waals surface area contributed by atoms with Crippen LogP contribution in [0.15, 0.2) is 12.3 Å². The summed E-state index contributed by atoms with van der Waals surface area (Å²) >= 11 is 5.57. The lowest BCUT2D eigenvalue weighted by Crippen LogP contribution is -1.93. The molecule has 0 atom stereocenters. The Morgan fingerprint density at radius 2 is 2.40 bits per heavy atom. The van der Waals surface area contributed by atoms with Gasteiger partial charge >= 0.3 is 0 Å². The number of nitrogen functional groups attached to an aromatic ring is 1. The SMILES string of the molecule is Nc1ccnc(C=O)c1Cl. The molecule has 2 N–H and O–H groups in total. The van der Waals surface area contributed by atoms with E-state index in [1.807, 2.05) is 0 Å². The minimum absolute atomic E-state index is 0.182. The molecule has 52 valence electrons. The van der Waals surface area contributed by atoms with Gasteiger partial charge in [0.15, 0.2) is 6.29 Å². The number of halogens is 1. The Bertz CT molecular complexity index is 262. The van der Waals surface area contributed by atoms with Crippen molar-refractivity contribution in [2.24, 2.45) is 0 Å². The lowest BCUT2D eigenvalue weighted by molar-refractivity contribution is 0.111. The molecule has 4 heteroatoms. The van der Waals surface area contributed by atoms with Gasteiger partial charge in [0.2, 0.25) is 0 Å². The number of aromatic nitrogens is 1. The van der Waals surface area contributed by atoms with Crippen LogP contribution in [0.2, 0.25) is 5.02 Å². The van der Waals surface area contributed by atoms with E-state index in [-0.39, 0.29) is 10.7 Å². The van der Waals surface area contributed by atoms with Gasteiger partial charge in [0.25, 0.3) is 0 Å². The third kappa shape index (κ3) is 1.09. The van der Waals surface area contributed by atoms with Gasteiger partial charge in [-0.15, -0.1) is 0 Å². The second kappa shape index (κ2) is 2.66. The quantitative estimate of drug-likeness (QED) is 0.621. The molecule has 10 heavy (non-hydrogen) atoms. The number of pyridine rings is 1. The third-order valence-electron chi connectivity index (χ3n) is 1.06. The summed E-state index contributed by atoms with van der Waals surface area (Å²) in [5.41, 5.74) is 5.92. The first-order valence-corrected chi connectivity index (χ1v) is 2.98. The van der Waals surface area contributed by atoms with Crippen molar-refractivity contribution in [1.82, 2.24) is 4.98 Å². The van der Waals surface area contributed by atoms with Gasteiger partial charge in [0, 0.05) is 6.20 Å². The Kier molecular flexibility index (Phi) is 1.87. The molecule has 0 aliphatic carbocycles. The van der Waals surface area contributed by atoms with E-state index in [0.29, 0.717) is 12.0 Å². The van der Waals surface area contributed by atoms with Crippen molar-refractivity contribution in [3.05, 3.63) is 23.0 Å². The summed E-state index contributed by atoms with van der Waals surface area (Å²) in [6.07, 6.45) is 2.00. The van der Waals surface area contributed by atoms with Gasteiger partial charge in [0.05, 0.1) is 10.7 Å². The van der Waals surface area contributed by atoms with Crippen LogP contribution in [0.5, 0.6) is 0 Å². The fourth-order valence-corrected chi connectivity index (χ4v) is 0.714. The second-order valence-corrected chi connectivity index (χ2v) is 2.10. The zero-order chi connectivity index (χ0) is 7.56. The van der Waals surface area contributed by atoms with Crippen molar-refractivity contribution in [3.8, 4) is 0 Å². The molecule has 0 bridgehead atoms. The van der Waals surface area contributed by atoms with E-state index >= 15 is 0 Å². The zero-order valence-electron chi connectivity index (χ0n) is 5.04. The first-order valence-electron chi connectivity index (χ1n) is 2.61. The summed E-state index contributed by atoms with van der Waals surface area (Å²) in [7, 11) is 0. The molecule has 0 radical (unpaired) electrons. The monoisotopic (exact) mass is 156 g/mol. The van der Waals surface area contributed by atoms with Crippen LogP contribution in [0.1, 0.15) is 10.5 Å². The fourth-order valence-electron chi connectivity index (χ4n) is 0.558. The standard InChI is InChI=1S/C6H5ClN2O/c7-6-4(8)1-2-9-5(6)3-10/h1-3H,(H2,8,9). The van der Waals surface area contributed by atoms with Crippen LogP contribution in [-0.2, 0) is 0 Å². The Balaban J connectivity index is 3.27. The number of anilines is 1. The topological polar surface area (TPSA) is 56.0 Å². The van der Waals surface area contributed by atoms with E-state index in [0.717, 1.165) is 0 Å². The zero-order valence-corrected chi connectivity index (χ0v) is 5.80. The summed E-state index contributed by atoms with van der Waals surface area (Å²) < 4.78 is 0. The van der Waals surface area contributed by atoms with Gasteiger partial charge < -0.3 is 5.73 Å². The average molecular weight is 157 g/mol. The number of aldehydes is 1. The predicted molar refractivity (Wildman–Crippen MR) is 39.0 cm³/mol. The van der Waals surface area contributed by atoms with Gasteiger partial charge in [-0.05, 0) is 6.07 Å². The van der Waals surface area contributed by atoms with Crippen LogP contribution in [0.25, 0.3) is 0 Å². The molecule has 0 spiro atoms. The van der Waals surface area contributed by atoms with Gasteiger partial charge in [-0.1, -0.05) is 11.6 Å². The molecule has 0 fully saturated rings. The maximum absolute atomic E-state index is 10.2. The molecule has 0 unspecified atom stereocenters. The largest absolute Gasteiger partial charge is 0.397 e. The average Bonchev–Trinajstić information content (AvgIpc) is 1.95. The molecule has 0 aliphatic rings. The smallest absolute Gasteiger partial charge is 0.170 e. The second-order valence-electron chi connectivity index (χ2n) is 1.72. The van der Waals surface area contributed by atoms with Crippen LogP contribution in [0, 0.1) is 0 Å². The third-order valence-corrected chi connectivity index (χ3v) is 1.47. The highest BCUT2D eigenvalue weighted by Crippen LogP contribution is 2.18. The summed E-state index contributed by atoms with van der Waals surface area (Å²) in [5, 5.41) is 0.220. The number of carbonyl (C=O) groups is 1. The van der Waals surface area contributed by atoms with Crippen molar-refractivity contribution in [2.75, 3.05) is 5.73 Å². The fraction of sp³-hybridized carbons (Fsp3) is 0. The minimum Gasteiger partial charge on any atom is -0.397 e. The molecule has 1 heterocycles. The van der Waals surface area contributed by atoms with Gasteiger partial charge in [0.1, 0.15) is 5.69 Å². The highest BCUT2D eigenvalue weighted by Gasteiger charge is 2.01. The summed E-state index contributed by atoms with van der Waals surface area (Å²) in [5.74, 6) is 0. The normalized spacial score (nSPS) is 9.30. The molecule has 1 aromatic rings. The van der Waals surface area contributed by atoms with E-state index in [9.17, 15) is 4.79 Å². The number of nitrogens with two attached hydrogens (primary N) is 1. The van der Waals surface area contributed by atoms with Crippen LogP contribution in [0.4, 0.5) is 5.69 Å². The summed E-state index contributed by atoms with van der Waals surface area (Å²) in [6, 6.07) is 1.54. The first kappa shape index (κ1) is 7.02. The van der Waals surface area contributed by atoms with E-state index in [4.69, 9.17) is 17.3 Å². The van der Waals surface area contributed by atoms with E-state index in [2.05, 4.69) is 4.98 Å². The molecular formula is C6H5ClN2O. The number of rotatable bonds is 1. The lowest BCUT2D eigenvalue weighted by Gasteiger charge is -1.96.